The molecule has 0 spiro atoms. The Hall–Kier alpha value is -2.43. The van der Waals surface area contributed by atoms with Gasteiger partial charge < -0.3 is 29.5 Å². The number of pyridine rings is 1. The lowest BCUT2D eigenvalue weighted by Crippen LogP contribution is -2.52. The van der Waals surface area contributed by atoms with Gasteiger partial charge in [-0.2, -0.15) is 0 Å². The number of benzene rings is 2. The zero-order valence-electron chi connectivity index (χ0n) is 20.4. The third kappa shape index (κ3) is 6.53. The third-order valence-corrected chi connectivity index (χ3v) is 6.71. The van der Waals surface area contributed by atoms with E-state index in [-0.39, 0.29) is 36.4 Å². The standard InChI is InChI=1S/C26H29F2N3O4.2ClH/c1-33-17-11-19-18(21(28)14-30-26(19)20(27)12-17)4-6-31-7-5-22(23(32)15-31)29-13-16-2-3-24-25(10-16)35-9-8-34-24;;/h2-3,10-12,14,22-23,29,32H,4-9,13,15H2,1H3;2*1H/t22-,23+;;/m1../s1. The number of rotatable bonds is 7. The van der Waals surface area contributed by atoms with E-state index in [0.29, 0.717) is 56.0 Å². The second kappa shape index (κ2) is 12.9. The number of nitrogens with zero attached hydrogens (tertiary/aromatic N) is 2. The number of hydrogen-bond donors (Lipinski definition) is 2. The Morgan fingerprint density at radius 2 is 1.89 bits per heavy atom. The van der Waals surface area contributed by atoms with Crippen molar-refractivity contribution in [3.8, 4) is 17.2 Å². The number of nitrogens with one attached hydrogen (secondary N) is 1. The molecule has 0 amide bonds. The van der Waals surface area contributed by atoms with Gasteiger partial charge >= 0.3 is 0 Å². The van der Waals surface area contributed by atoms with Crippen LogP contribution in [0.5, 0.6) is 17.2 Å². The van der Waals surface area contributed by atoms with Gasteiger partial charge in [-0.05, 0) is 43.1 Å². The Morgan fingerprint density at radius 1 is 1.11 bits per heavy atom. The summed E-state index contributed by atoms with van der Waals surface area (Å²) in [6.07, 6.45) is 1.64. The van der Waals surface area contributed by atoms with Crippen molar-refractivity contribution in [1.29, 1.82) is 0 Å². The fraction of sp³-hybridized carbons (Fsp3) is 0.423. The number of β-amino-alcohol motifs (C(OH)–C–C–N with tert-alkyl or cyclic N) is 1. The van der Waals surface area contributed by atoms with E-state index in [4.69, 9.17) is 14.2 Å². The topological polar surface area (TPSA) is 76.1 Å². The van der Waals surface area contributed by atoms with Gasteiger partial charge in [0, 0.05) is 42.7 Å². The summed E-state index contributed by atoms with van der Waals surface area (Å²) in [5, 5.41) is 14.6. The molecule has 7 nitrogen and oxygen atoms in total. The molecular weight excluding hydrogens is 527 g/mol. The normalized spacial score (nSPS) is 19.1. The van der Waals surface area contributed by atoms with Gasteiger partial charge in [-0.25, -0.2) is 8.78 Å². The smallest absolute Gasteiger partial charge is 0.161 e. The van der Waals surface area contributed by atoms with Crippen molar-refractivity contribution in [3.05, 3.63) is 59.3 Å². The van der Waals surface area contributed by atoms with Crippen LogP contribution >= 0.6 is 24.8 Å². The lowest BCUT2D eigenvalue weighted by Gasteiger charge is -2.36. The summed E-state index contributed by atoms with van der Waals surface area (Å²) in [6.45, 7) is 3.49. The molecule has 11 heteroatoms. The lowest BCUT2D eigenvalue weighted by molar-refractivity contribution is 0.0404. The molecule has 2 atom stereocenters. The predicted molar refractivity (Wildman–Crippen MR) is 142 cm³/mol. The number of aliphatic hydroxyl groups is 1. The van der Waals surface area contributed by atoms with E-state index >= 15 is 0 Å². The van der Waals surface area contributed by atoms with Crippen molar-refractivity contribution in [3.63, 3.8) is 0 Å². The average Bonchev–Trinajstić information content (AvgIpc) is 2.87. The number of aliphatic hydroxyl groups excluding tert-OH is 1. The van der Waals surface area contributed by atoms with Gasteiger partial charge in [-0.3, -0.25) is 4.98 Å². The van der Waals surface area contributed by atoms with Crippen LogP contribution in [0, 0.1) is 11.6 Å². The summed E-state index contributed by atoms with van der Waals surface area (Å²) in [4.78, 5) is 6.03. The highest BCUT2D eigenvalue weighted by Gasteiger charge is 2.27. The number of fused-ring (bicyclic) bond motifs is 2. The van der Waals surface area contributed by atoms with Crippen LogP contribution in [0.3, 0.4) is 0 Å². The van der Waals surface area contributed by atoms with Crippen molar-refractivity contribution >= 4 is 35.7 Å². The van der Waals surface area contributed by atoms with Crippen molar-refractivity contribution in [2.75, 3.05) is 40.0 Å². The summed E-state index contributed by atoms with van der Waals surface area (Å²) in [5.74, 6) is 0.818. The van der Waals surface area contributed by atoms with Crippen LogP contribution in [-0.2, 0) is 13.0 Å². The maximum atomic E-state index is 14.6. The molecule has 1 saturated heterocycles. The number of piperidine rings is 1. The molecule has 202 valence electrons. The fourth-order valence-corrected chi connectivity index (χ4v) is 4.79. The molecule has 3 heterocycles. The SMILES string of the molecule is COc1cc(F)c2ncc(F)c(CCN3CC[C@@H](NCc4ccc5c(c4)OCCO5)[C@@H](O)C3)c2c1.Cl.Cl. The first-order valence-corrected chi connectivity index (χ1v) is 11.8. The number of aromatic nitrogens is 1. The van der Waals surface area contributed by atoms with E-state index in [9.17, 15) is 13.9 Å². The van der Waals surface area contributed by atoms with Crippen molar-refractivity contribution in [1.82, 2.24) is 15.2 Å². The second-order valence-electron chi connectivity index (χ2n) is 8.96. The first-order chi connectivity index (χ1) is 17.0. The molecule has 0 saturated carbocycles. The van der Waals surface area contributed by atoms with Gasteiger partial charge in [0.1, 0.15) is 30.3 Å². The van der Waals surface area contributed by atoms with Crippen LogP contribution in [0.4, 0.5) is 8.78 Å². The van der Waals surface area contributed by atoms with Gasteiger partial charge in [0.15, 0.2) is 17.3 Å². The van der Waals surface area contributed by atoms with Crippen LogP contribution in [0.15, 0.2) is 36.5 Å². The van der Waals surface area contributed by atoms with Crippen molar-refractivity contribution < 1.29 is 28.1 Å². The summed E-state index contributed by atoms with van der Waals surface area (Å²) >= 11 is 0. The number of methoxy groups -OCH3 is 1. The minimum atomic E-state index is -0.558. The van der Waals surface area contributed by atoms with E-state index in [1.165, 1.54) is 13.2 Å². The first kappa shape index (κ1) is 29.1. The molecule has 1 fully saturated rings. The van der Waals surface area contributed by atoms with Crippen molar-refractivity contribution in [2.24, 2.45) is 0 Å². The minimum absolute atomic E-state index is 0. The summed E-state index contributed by atoms with van der Waals surface area (Å²) in [5.41, 5.74) is 1.59. The molecule has 3 aromatic rings. The van der Waals surface area contributed by atoms with Crippen LogP contribution in [-0.4, -0.2) is 67.1 Å². The molecule has 0 aliphatic carbocycles. The summed E-state index contributed by atoms with van der Waals surface area (Å²) in [6, 6.07) is 8.69. The average molecular weight is 558 g/mol. The second-order valence-corrected chi connectivity index (χ2v) is 8.96. The summed E-state index contributed by atoms with van der Waals surface area (Å²) in [7, 11) is 1.44. The van der Waals surface area contributed by atoms with Gasteiger partial charge in [-0.1, -0.05) is 6.07 Å². The van der Waals surface area contributed by atoms with E-state index in [1.807, 2.05) is 18.2 Å². The monoisotopic (exact) mass is 557 g/mol. The van der Waals surface area contributed by atoms with Crippen molar-refractivity contribution in [2.45, 2.75) is 31.5 Å². The maximum Gasteiger partial charge on any atom is 0.161 e. The van der Waals surface area contributed by atoms with Gasteiger partial charge in [0.25, 0.3) is 0 Å². The van der Waals surface area contributed by atoms with Crippen LogP contribution in [0.2, 0.25) is 0 Å². The molecule has 5 rings (SSSR count). The lowest BCUT2D eigenvalue weighted by atomic mass is 10.00. The zero-order valence-corrected chi connectivity index (χ0v) is 22.0. The third-order valence-electron chi connectivity index (χ3n) is 6.71. The van der Waals surface area contributed by atoms with Crippen LogP contribution in [0.1, 0.15) is 17.5 Å². The van der Waals surface area contributed by atoms with Gasteiger partial charge in [0.2, 0.25) is 0 Å². The minimum Gasteiger partial charge on any atom is -0.497 e. The van der Waals surface area contributed by atoms with E-state index in [0.717, 1.165) is 36.2 Å². The van der Waals surface area contributed by atoms with Gasteiger partial charge in [-0.15, -0.1) is 24.8 Å². The van der Waals surface area contributed by atoms with E-state index < -0.39 is 17.7 Å². The summed E-state index contributed by atoms with van der Waals surface area (Å²) < 4.78 is 45.4. The Kier molecular flexibility index (Phi) is 10.1. The largest absolute Gasteiger partial charge is 0.497 e. The molecule has 2 aromatic carbocycles. The highest BCUT2D eigenvalue weighted by atomic mass is 35.5. The number of likely N-dealkylation sites (tertiary alicyclic amines) is 1. The molecule has 1 aromatic heterocycles. The molecule has 2 aliphatic rings. The maximum absolute atomic E-state index is 14.6. The first-order valence-electron chi connectivity index (χ1n) is 11.8. The number of ether oxygens (including phenoxy) is 3. The number of hydrogen-bond acceptors (Lipinski definition) is 7. The Morgan fingerprint density at radius 3 is 2.65 bits per heavy atom. The molecule has 2 aliphatic heterocycles. The van der Waals surface area contributed by atoms with Gasteiger partial charge in [0.05, 0.1) is 19.4 Å². The molecule has 37 heavy (non-hydrogen) atoms. The Bertz CT molecular complexity index is 1220. The Labute approximate surface area is 226 Å². The highest BCUT2D eigenvalue weighted by Crippen LogP contribution is 2.31. The molecule has 2 N–H and O–H groups in total. The predicted octanol–water partition coefficient (Wildman–Crippen LogP) is 3.90. The molecule has 0 unspecified atom stereocenters. The van der Waals surface area contributed by atoms with E-state index in [2.05, 4.69) is 15.2 Å². The molecular formula is C26H31Cl2F2N3O4. The van der Waals surface area contributed by atoms with Crippen LogP contribution < -0.4 is 19.5 Å². The Balaban J connectivity index is 0.00000190. The van der Waals surface area contributed by atoms with E-state index in [1.54, 1.807) is 6.07 Å². The zero-order chi connectivity index (χ0) is 24.4. The number of halogens is 4. The molecule has 0 bridgehead atoms. The van der Waals surface area contributed by atoms with Crippen LogP contribution in [0.25, 0.3) is 10.9 Å². The highest BCUT2D eigenvalue weighted by molar-refractivity contribution is 5.86. The fourth-order valence-electron chi connectivity index (χ4n) is 4.79. The molecule has 0 radical (unpaired) electrons. The quantitative estimate of drug-likeness (QED) is 0.456.